The summed E-state index contributed by atoms with van der Waals surface area (Å²) in [5.74, 6) is -0.106. The molecule has 4 nitrogen and oxygen atoms in total. The second kappa shape index (κ2) is 6.07. The number of carbonyl (C=O) groups is 1. The molecular weight excluding hydrogens is 254 g/mol. The first-order valence-corrected chi connectivity index (χ1v) is 6.82. The van der Waals surface area contributed by atoms with Gasteiger partial charge in [0.2, 0.25) is 5.91 Å². The van der Waals surface area contributed by atoms with Crippen LogP contribution in [-0.4, -0.2) is 15.9 Å². The van der Waals surface area contributed by atoms with Crippen molar-refractivity contribution in [3.63, 3.8) is 0 Å². The van der Waals surface area contributed by atoms with E-state index in [1.165, 1.54) is 11.3 Å². The van der Waals surface area contributed by atoms with E-state index in [1.54, 1.807) is 6.20 Å². The third-order valence-electron chi connectivity index (χ3n) is 3.00. The normalized spacial score (nSPS) is 11.2. The summed E-state index contributed by atoms with van der Waals surface area (Å²) in [6, 6.07) is 0. The van der Waals surface area contributed by atoms with Gasteiger partial charge in [-0.1, -0.05) is 26.1 Å². The van der Waals surface area contributed by atoms with Gasteiger partial charge in [0.05, 0.1) is 16.9 Å². The Morgan fingerprint density at radius 3 is 2.65 bits per heavy atom. The van der Waals surface area contributed by atoms with Crippen molar-refractivity contribution >= 4 is 34.5 Å². The molecule has 0 spiro atoms. The van der Waals surface area contributed by atoms with Gasteiger partial charge < -0.3 is 11.1 Å². The van der Waals surface area contributed by atoms with Crippen molar-refractivity contribution in [1.82, 2.24) is 10.3 Å². The highest BCUT2D eigenvalue weighted by atomic mass is 32.1. The van der Waals surface area contributed by atoms with Gasteiger partial charge in [-0.05, 0) is 12.8 Å². The van der Waals surface area contributed by atoms with Crippen molar-refractivity contribution in [3.05, 3.63) is 16.6 Å². The Kier molecular flexibility index (Phi) is 5.02. The summed E-state index contributed by atoms with van der Waals surface area (Å²) in [7, 11) is 0. The lowest BCUT2D eigenvalue weighted by atomic mass is 9.81. The van der Waals surface area contributed by atoms with E-state index in [0.717, 1.165) is 5.01 Å². The van der Waals surface area contributed by atoms with Gasteiger partial charge in [0, 0.05) is 11.6 Å². The molecule has 0 aliphatic carbocycles. The van der Waals surface area contributed by atoms with E-state index < -0.39 is 5.41 Å². The number of hydrogen-bond donors (Lipinski definition) is 2. The molecule has 17 heavy (non-hydrogen) atoms. The van der Waals surface area contributed by atoms with Crippen LogP contribution in [0.2, 0.25) is 0 Å². The first-order chi connectivity index (χ1) is 8.06. The van der Waals surface area contributed by atoms with E-state index in [9.17, 15) is 4.79 Å². The number of nitrogens with two attached hydrogens (primary N) is 1. The molecule has 0 unspecified atom stereocenters. The molecule has 1 amide bonds. The minimum atomic E-state index is -0.730. The number of nitrogens with one attached hydrogen (secondary N) is 1. The first-order valence-electron chi connectivity index (χ1n) is 5.53. The largest absolute Gasteiger partial charge is 0.392 e. The van der Waals surface area contributed by atoms with Crippen LogP contribution < -0.4 is 11.1 Å². The number of nitrogens with zero attached hydrogens (tertiary/aromatic N) is 1. The zero-order valence-electron chi connectivity index (χ0n) is 10.0. The molecule has 0 atom stereocenters. The fraction of sp³-hybridized carbons (Fsp3) is 0.545. The minimum absolute atomic E-state index is 0.106. The molecule has 0 aliphatic heterocycles. The molecule has 0 bridgehead atoms. The van der Waals surface area contributed by atoms with E-state index in [4.69, 9.17) is 18.0 Å². The fourth-order valence-corrected chi connectivity index (χ4v) is 2.63. The number of aromatic nitrogens is 1. The maximum Gasteiger partial charge on any atom is 0.233 e. The van der Waals surface area contributed by atoms with Gasteiger partial charge >= 0.3 is 0 Å². The van der Waals surface area contributed by atoms with E-state index in [0.29, 0.717) is 19.4 Å². The van der Waals surface area contributed by atoms with E-state index in [-0.39, 0.29) is 10.9 Å². The van der Waals surface area contributed by atoms with Crippen LogP contribution in [0.5, 0.6) is 0 Å². The molecule has 0 fully saturated rings. The number of carbonyl (C=O) groups excluding carboxylic acids is 1. The Bertz CT molecular complexity index is 385. The summed E-state index contributed by atoms with van der Waals surface area (Å²) in [5.41, 5.74) is 4.97. The standard InChI is InChI=1S/C11H17N3OS2/c1-3-11(4-2,9(12)16)10(15)14-7-8-13-5-6-17-8/h5-6H,3-4,7H2,1-2H3,(H2,12,16)(H,14,15). The summed E-state index contributed by atoms with van der Waals surface area (Å²) in [6.45, 7) is 4.28. The second-order valence-corrected chi connectivity index (χ2v) is 5.18. The minimum Gasteiger partial charge on any atom is -0.392 e. The van der Waals surface area contributed by atoms with E-state index >= 15 is 0 Å². The van der Waals surface area contributed by atoms with E-state index in [2.05, 4.69) is 10.3 Å². The zero-order chi connectivity index (χ0) is 12.9. The van der Waals surface area contributed by atoms with Gasteiger partial charge in [-0.2, -0.15) is 0 Å². The van der Waals surface area contributed by atoms with Crippen molar-refractivity contribution < 1.29 is 4.79 Å². The smallest absolute Gasteiger partial charge is 0.233 e. The van der Waals surface area contributed by atoms with Crippen LogP contribution >= 0.6 is 23.6 Å². The molecule has 1 heterocycles. The van der Waals surface area contributed by atoms with Gasteiger partial charge in [-0.15, -0.1) is 11.3 Å². The first kappa shape index (κ1) is 14.1. The molecule has 94 valence electrons. The molecule has 0 saturated carbocycles. The third-order valence-corrected chi connectivity index (χ3v) is 4.17. The van der Waals surface area contributed by atoms with Crippen LogP contribution in [0, 0.1) is 5.41 Å². The molecule has 1 rings (SSSR count). The Labute approximate surface area is 111 Å². The molecule has 0 aromatic carbocycles. The highest BCUT2D eigenvalue weighted by Crippen LogP contribution is 2.27. The van der Waals surface area contributed by atoms with Gasteiger partial charge in [-0.25, -0.2) is 4.98 Å². The highest BCUT2D eigenvalue weighted by Gasteiger charge is 2.37. The average molecular weight is 271 g/mol. The van der Waals surface area contributed by atoms with Crippen molar-refractivity contribution in [2.24, 2.45) is 11.1 Å². The molecule has 0 aliphatic rings. The van der Waals surface area contributed by atoms with Crippen LogP contribution in [0.25, 0.3) is 0 Å². The van der Waals surface area contributed by atoms with Crippen LogP contribution in [-0.2, 0) is 11.3 Å². The Morgan fingerprint density at radius 2 is 2.24 bits per heavy atom. The number of hydrogen-bond acceptors (Lipinski definition) is 4. The Morgan fingerprint density at radius 1 is 1.59 bits per heavy atom. The van der Waals surface area contributed by atoms with Crippen LogP contribution in [0.15, 0.2) is 11.6 Å². The van der Waals surface area contributed by atoms with E-state index in [1.807, 2.05) is 19.2 Å². The van der Waals surface area contributed by atoms with Crippen molar-refractivity contribution in [2.45, 2.75) is 33.2 Å². The van der Waals surface area contributed by atoms with Crippen LogP contribution in [0.1, 0.15) is 31.7 Å². The molecule has 3 N–H and O–H groups in total. The topological polar surface area (TPSA) is 68.0 Å². The second-order valence-electron chi connectivity index (χ2n) is 3.76. The number of thiocarbonyl (C=S) groups is 1. The molecule has 1 aromatic heterocycles. The van der Waals surface area contributed by atoms with Crippen molar-refractivity contribution in [3.8, 4) is 0 Å². The van der Waals surface area contributed by atoms with Gasteiger partial charge in [0.1, 0.15) is 5.01 Å². The predicted octanol–water partition coefficient (Wildman–Crippen LogP) is 1.85. The number of thiazole rings is 1. The lowest BCUT2D eigenvalue weighted by Crippen LogP contribution is -2.48. The highest BCUT2D eigenvalue weighted by molar-refractivity contribution is 7.80. The maximum atomic E-state index is 12.2. The number of rotatable bonds is 6. The van der Waals surface area contributed by atoms with Crippen molar-refractivity contribution in [2.75, 3.05) is 0 Å². The molecule has 6 heteroatoms. The van der Waals surface area contributed by atoms with Crippen molar-refractivity contribution in [1.29, 1.82) is 0 Å². The summed E-state index contributed by atoms with van der Waals surface area (Å²) in [4.78, 5) is 16.5. The predicted molar refractivity (Wildman–Crippen MR) is 73.8 cm³/mol. The quantitative estimate of drug-likeness (QED) is 0.775. The van der Waals surface area contributed by atoms with Gasteiger partial charge in [0.25, 0.3) is 0 Å². The molecule has 0 saturated heterocycles. The zero-order valence-corrected chi connectivity index (χ0v) is 11.7. The molecule has 0 radical (unpaired) electrons. The summed E-state index contributed by atoms with van der Waals surface area (Å²) in [6.07, 6.45) is 2.94. The lowest BCUT2D eigenvalue weighted by Gasteiger charge is -2.28. The lowest BCUT2D eigenvalue weighted by molar-refractivity contribution is -0.128. The third kappa shape index (κ3) is 3.01. The SMILES string of the molecule is CCC(CC)(C(=O)NCc1nccs1)C(N)=S. The molecule has 1 aromatic rings. The summed E-state index contributed by atoms with van der Waals surface area (Å²) in [5, 5.41) is 5.60. The summed E-state index contributed by atoms with van der Waals surface area (Å²) < 4.78 is 0. The summed E-state index contributed by atoms with van der Waals surface area (Å²) >= 11 is 6.53. The maximum absolute atomic E-state index is 12.2. The monoisotopic (exact) mass is 271 g/mol. The Balaban J connectivity index is 2.69. The van der Waals surface area contributed by atoms with Crippen LogP contribution in [0.3, 0.4) is 0 Å². The fourth-order valence-electron chi connectivity index (χ4n) is 1.70. The van der Waals surface area contributed by atoms with Gasteiger partial charge in [0.15, 0.2) is 0 Å². The van der Waals surface area contributed by atoms with Crippen LogP contribution in [0.4, 0.5) is 0 Å². The average Bonchev–Trinajstić information content (AvgIpc) is 2.81. The molecular formula is C11H17N3OS2. The number of amides is 1. The Hall–Kier alpha value is -1.01. The van der Waals surface area contributed by atoms with Gasteiger partial charge in [-0.3, -0.25) is 4.79 Å².